The molecule has 0 unspecified atom stereocenters. The molecule has 1 rings (SSSR count). The second-order valence-electron chi connectivity index (χ2n) is 3.35. The number of benzene rings is 1. The van der Waals surface area contributed by atoms with Gasteiger partial charge in [0, 0.05) is 17.1 Å². The minimum atomic E-state index is -0.338. The first-order valence-corrected chi connectivity index (χ1v) is 5.55. The molecule has 0 fully saturated rings. The van der Waals surface area contributed by atoms with Crippen molar-refractivity contribution in [2.75, 3.05) is 26.7 Å². The van der Waals surface area contributed by atoms with Crippen LogP contribution < -0.4 is 4.74 Å². The van der Waals surface area contributed by atoms with Crippen molar-refractivity contribution in [1.29, 1.82) is 5.26 Å². The maximum atomic E-state index is 13.0. The van der Waals surface area contributed by atoms with Crippen LogP contribution in [0.2, 0.25) is 0 Å². The van der Waals surface area contributed by atoms with Crippen LogP contribution in [0.4, 0.5) is 4.39 Å². The Morgan fingerprint density at radius 2 is 2.25 bits per heavy atom. The third-order valence-electron chi connectivity index (χ3n) is 1.92. The Morgan fingerprint density at radius 3 is 2.88 bits per heavy atom. The van der Waals surface area contributed by atoms with E-state index >= 15 is 0 Å². The van der Waals surface area contributed by atoms with Crippen LogP contribution in [0, 0.1) is 17.1 Å². The Bertz CT molecular complexity index is 372. The van der Waals surface area contributed by atoms with E-state index in [1.807, 2.05) is 18.0 Å². The molecule has 86 valence electrons. The van der Waals surface area contributed by atoms with Crippen LogP contribution in [0.15, 0.2) is 22.7 Å². The summed E-state index contributed by atoms with van der Waals surface area (Å²) in [4.78, 5) is 1.83. The molecule has 0 radical (unpaired) electrons. The van der Waals surface area contributed by atoms with Crippen molar-refractivity contribution < 1.29 is 9.13 Å². The highest BCUT2D eigenvalue weighted by Crippen LogP contribution is 2.20. The molecule has 0 aliphatic carbocycles. The molecular weight excluding hydrogens is 275 g/mol. The van der Waals surface area contributed by atoms with Gasteiger partial charge in [0.25, 0.3) is 0 Å². The molecule has 1 aromatic carbocycles. The normalized spacial score (nSPS) is 10.2. The van der Waals surface area contributed by atoms with Crippen LogP contribution in [-0.4, -0.2) is 31.6 Å². The molecule has 0 amide bonds. The monoisotopic (exact) mass is 286 g/mol. The predicted molar refractivity (Wildman–Crippen MR) is 62.7 cm³/mol. The maximum Gasteiger partial charge on any atom is 0.128 e. The lowest BCUT2D eigenvalue weighted by molar-refractivity contribution is 0.250. The third-order valence-corrected chi connectivity index (χ3v) is 2.38. The van der Waals surface area contributed by atoms with Crippen molar-refractivity contribution in [1.82, 2.24) is 4.90 Å². The van der Waals surface area contributed by atoms with Crippen molar-refractivity contribution in [3.63, 3.8) is 0 Å². The van der Waals surface area contributed by atoms with E-state index in [-0.39, 0.29) is 5.82 Å². The molecule has 0 heterocycles. The number of hydrogen-bond acceptors (Lipinski definition) is 3. The fraction of sp³-hybridized carbons (Fsp3) is 0.364. The number of nitrogens with zero attached hydrogens (tertiary/aromatic N) is 2. The van der Waals surface area contributed by atoms with E-state index in [1.54, 1.807) is 6.07 Å². The predicted octanol–water partition coefficient (Wildman–Crippen LogP) is 2.42. The van der Waals surface area contributed by atoms with E-state index in [4.69, 9.17) is 10.00 Å². The van der Waals surface area contributed by atoms with Gasteiger partial charge in [0.15, 0.2) is 0 Å². The second kappa shape index (κ2) is 6.46. The summed E-state index contributed by atoms with van der Waals surface area (Å²) in [6.45, 7) is 1.41. The summed E-state index contributed by atoms with van der Waals surface area (Å²) in [6, 6.07) is 6.44. The van der Waals surface area contributed by atoms with Crippen LogP contribution in [0.1, 0.15) is 0 Å². The zero-order valence-corrected chi connectivity index (χ0v) is 10.5. The first-order chi connectivity index (χ1) is 7.61. The molecule has 5 heteroatoms. The summed E-state index contributed by atoms with van der Waals surface area (Å²) in [5, 5.41) is 8.44. The standard InChI is InChI=1S/C11H12BrFN2O/c1-15(3-2-14)4-5-16-11-7-9(12)6-10(13)8-11/h6-8H,3-5H2,1H3. The van der Waals surface area contributed by atoms with Gasteiger partial charge in [-0.05, 0) is 19.2 Å². The fourth-order valence-corrected chi connectivity index (χ4v) is 1.58. The highest BCUT2D eigenvalue weighted by atomic mass is 79.9. The molecule has 0 spiro atoms. The van der Waals surface area contributed by atoms with E-state index in [9.17, 15) is 4.39 Å². The Balaban J connectivity index is 2.40. The number of nitriles is 1. The molecular formula is C11H12BrFN2O. The van der Waals surface area contributed by atoms with Crippen LogP contribution in [0.3, 0.4) is 0 Å². The van der Waals surface area contributed by atoms with Crippen molar-refractivity contribution in [2.24, 2.45) is 0 Å². The largest absolute Gasteiger partial charge is 0.492 e. The maximum absolute atomic E-state index is 13.0. The lowest BCUT2D eigenvalue weighted by Crippen LogP contribution is -2.24. The zero-order chi connectivity index (χ0) is 12.0. The van der Waals surface area contributed by atoms with Gasteiger partial charge in [0.2, 0.25) is 0 Å². The molecule has 0 aliphatic rings. The van der Waals surface area contributed by atoms with Crippen LogP contribution >= 0.6 is 15.9 Å². The molecule has 0 atom stereocenters. The topological polar surface area (TPSA) is 36.3 Å². The lowest BCUT2D eigenvalue weighted by Gasteiger charge is -2.13. The molecule has 16 heavy (non-hydrogen) atoms. The Kier molecular flexibility index (Phi) is 5.23. The average Bonchev–Trinajstić information content (AvgIpc) is 2.16. The number of halogens is 2. The molecule has 1 aromatic rings. The van der Waals surface area contributed by atoms with Crippen LogP contribution in [-0.2, 0) is 0 Å². The molecule has 0 saturated heterocycles. The van der Waals surface area contributed by atoms with Gasteiger partial charge in [0.05, 0.1) is 12.6 Å². The van der Waals surface area contributed by atoms with E-state index in [2.05, 4.69) is 15.9 Å². The Labute approximate surface area is 103 Å². The Morgan fingerprint density at radius 1 is 1.50 bits per heavy atom. The van der Waals surface area contributed by atoms with E-state index in [1.165, 1.54) is 12.1 Å². The quantitative estimate of drug-likeness (QED) is 0.780. The van der Waals surface area contributed by atoms with Gasteiger partial charge in [-0.1, -0.05) is 15.9 Å². The van der Waals surface area contributed by atoms with E-state index in [0.717, 1.165) is 0 Å². The van der Waals surface area contributed by atoms with Gasteiger partial charge in [-0.25, -0.2) is 4.39 Å². The zero-order valence-electron chi connectivity index (χ0n) is 8.91. The highest BCUT2D eigenvalue weighted by molar-refractivity contribution is 9.10. The molecule has 0 saturated carbocycles. The number of hydrogen-bond donors (Lipinski definition) is 0. The van der Waals surface area contributed by atoms with Gasteiger partial charge < -0.3 is 4.74 Å². The Hall–Kier alpha value is -1.12. The molecule has 0 aliphatic heterocycles. The fourth-order valence-electron chi connectivity index (χ4n) is 1.13. The van der Waals surface area contributed by atoms with Crippen molar-refractivity contribution >= 4 is 15.9 Å². The van der Waals surface area contributed by atoms with Gasteiger partial charge >= 0.3 is 0 Å². The summed E-state index contributed by atoms with van der Waals surface area (Å²) >= 11 is 3.19. The van der Waals surface area contributed by atoms with Crippen molar-refractivity contribution in [3.05, 3.63) is 28.5 Å². The smallest absolute Gasteiger partial charge is 0.128 e. The molecule has 0 bridgehead atoms. The summed E-state index contributed by atoms with van der Waals surface area (Å²) in [7, 11) is 1.83. The number of likely N-dealkylation sites (N-methyl/N-ethyl adjacent to an activating group) is 1. The van der Waals surface area contributed by atoms with E-state index < -0.39 is 0 Å². The first-order valence-electron chi connectivity index (χ1n) is 4.76. The van der Waals surface area contributed by atoms with E-state index in [0.29, 0.717) is 29.9 Å². The van der Waals surface area contributed by atoms with Crippen LogP contribution in [0.5, 0.6) is 5.75 Å². The number of rotatable bonds is 5. The van der Waals surface area contributed by atoms with Crippen molar-refractivity contribution in [3.8, 4) is 11.8 Å². The second-order valence-corrected chi connectivity index (χ2v) is 4.27. The van der Waals surface area contributed by atoms with Gasteiger partial charge in [-0.3, -0.25) is 4.90 Å². The number of ether oxygens (including phenoxy) is 1. The molecule has 0 aromatic heterocycles. The SMILES string of the molecule is CN(CC#N)CCOc1cc(F)cc(Br)c1. The average molecular weight is 287 g/mol. The van der Waals surface area contributed by atoms with Crippen molar-refractivity contribution in [2.45, 2.75) is 0 Å². The summed E-state index contributed by atoms with van der Waals surface area (Å²) in [6.07, 6.45) is 0. The molecule has 3 nitrogen and oxygen atoms in total. The summed E-state index contributed by atoms with van der Waals surface area (Å²) < 4.78 is 19.0. The molecule has 0 N–H and O–H groups in total. The summed E-state index contributed by atoms with van der Waals surface area (Å²) in [5.41, 5.74) is 0. The van der Waals surface area contributed by atoms with Gasteiger partial charge in [-0.2, -0.15) is 5.26 Å². The summed E-state index contributed by atoms with van der Waals surface area (Å²) in [5.74, 6) is 0.145. The first kappa shape index (κ1) is 12.9. The van der Waals surface area contributed by atoms with Crippen LogP contribution in [0.25, 0.3) is 0 Å². The minimum absolute atomic E-state index is 0.338. The lowest BCUT2D eigenvalue weighted by atomic mass is 10.3. The highest BCUT2D eigenvalue weighted by Gasteiger charge is 2.01. The van der Waals surface area contributed by atoms with Gasteiger partial charge in [0.1, 0.15) is 18.2 Å². The van der Waals surface area contributed by atoms with Gasteiger partial charge in [-0.15, -0.1) is 0 Å². The minimum Gasteiger partial charge on any atom is -0.492 e. The third kappa shape index (κ3) is 4.60.